The predicted molar refractivity (Wildman–Crippen MR) is 76.9 cm³/mol. The van der Waals surface area contributed by atoms with Crippen LogP contribution in [-0.2, 0) is 9.53 Å². The molecule has 0 aliphatic rings. The highest BCUT2D eigenvalue weighted by molar-refractivity contribution is 5.89. The Hall–Kier alpha value is -1.75. The minimum absolute atomic E-state index is 0.0939. The average molecular weight is 266 g/mol. The van der Waals surface area contributed by atoms with E-state index < -0.39 is 0 Å². The van der Waals surface area contributed by atoms with E-state index in [1.807, 2.05) is 18.2 Å². The van der Waals surface area contributed by atoms with Gasteiger partial charge in [-0.25, -0.2) is 0 Å². The first-order valence-corrected chi connectivity index (χ1v) is 6.28. The molecule has 5 heteroatoms. The molecule has 0 saturated carbocycles. The molecule has 106 valence electrons. The van der Waals surface area contributed by atoms with Crippen molar-refractivity contribution in [2.45, 2.75) is 26.3 Å². The fourth-order valence-corrected chi connectivity index (χ4v) is 1.73. The van der Waals surface area contributed by atoms with Gasteiger partial charge >= 0.3 is 0 Å². The van der Waals surface area contributed by atoms with E-state index in [0.717, 1.165) is 23.5 Å². The number of benzene rings is 1. The highest BCUT2D eigenvalue weighted by Crippen LogP contribution is 2.28. The van der Waals surface area contributed by atoms with E-state index in [-0.39, 0.29) is 11.9 Å². The predicted octanol–water partition coefficient (Wildman–Crippen LogP) is 2.49. The molecule has 0 spiro atoms. The SMILES string of the molecule is COCCC(C)Nc1cc(NC(C)=O)ccc1OC. The van der Waals surface area contributed by atoms with Crippen LogP contribution in [0.25, 0.3) is 0 Å². The van der Waals surface area contributed by atoms with Crippen LogP contribution in [0, 0.1) is 0 Å². The Morgan fingerprint density at radius 3 is 2.68 bits per heavy atom. The van der Waals surface area contributed by atoms with E-state index in [1.165, 1.54) is 6.92 Å². The van der Waals surface area contributed by atoms with Crippen molar-refractivity contribution >= 4 is 17.3 Å². The molecule has 1 rings (SSSR count). The Bertz CT molecular complexity index is 421. The fraction of sp³-hybridized carbons (Fsp3) is 0.500. The van der Waals surface area contributed by atoms with Gasteiger partial charge < -0.3 is 20.1 Å². The Morgan fingerprint density at radius 2 is 2.11 bits per heavy atom. The number of carbonyl (C=O) groups is 1. The van der Waals surface area contributed by atoms with Crippen LogP contribution in [0.5, 0.6) is 5.75 Å². The van der Waals surface area contributed by atoms with Crippen LogP contribution in [0.2, 0.25) is 0 Å². The van der Waals surface area contributed by atoms with Crippen LogP contribution in [-0.4, -0.2) is 32.8 Å². The van der Waals surface area contributed by atoms with Crippen molar-refractivity contribution in [1.29, 1.82) is 0 Å². The third kappa shape index (κ3) is 5.18. The lowest BCUT2D eigenvalue weighted by Gasteiger charge is -2.18. The Labute approximate surface area is 114 Å². The van der Waals surface area contributed by atoms with Crippen LogP contribution in [0.3, 0.4) is 0 Å². The summed E-state index contributed by atoms with van der Waals surface area (Å²) >= 11 is 0. The highest BCUT2D eigenvalue weighted by Gasteiger charge is 2.08. The second kappa shape index (κ2) is 7.63. The van der Waals surface area contributed by atoms with E-state index in [4.69, 9.17) is 9.47 Å². The molecule has 0 bridgehead atoms. The van der Waals surface area contributed by atoms with Gasteiger partial charge in [0.2, 0.25) is 5.91 Å². The van der Waals surface area contributed by atoms with E-state index in [2.05, 4.69) is 17.6 Å². The molecule has 0 aliphatic heterocycles. The van der Waals surface area contributed by atoms with Gasteiger partial charge in [0, 0.05) is 32.4 Å². The van der Waals surface area contributed by atoms with Crippen LogP contribution in [0.15, 0.2) is 18.2 Å². The fourth-order valence-electron chi connectivity index (χ4n) is 1.73. The van der Waals surface area contributed by atoms with Crippen LogP contribution < -0.4 is 15.4 Å². The Morgan fingerprint density at radius 1 is 1.37 bits per heavy atom. The maximum atomic E-state index is 11.1. The third-order valence-corrected chi connectivity index (χ3v) is 2.68. The number of hydrogen-bond donors (Lipinski definition) is 2. The molecule has 5 nitrogen and oxygen atoms in total. The molecule has 0 radical (unpaired) electrons. The highest BCUT2D eigenvalue weighted by atomic mass is 16.5. The first-order valence-electron chi connectivity index (χ1n) is 6.28. The Kier molecular flexibility index (Phi) is 6.15. The van der Waals surface area contributed by atoms with Gasteiger partial charge in [0.05, 0.1) is 12.8 Å². The van der Waals surface area contributed by atoms with Crippen molar-refractivity contribution in [3.63, 3.8) is 0 Å². The van der Waals surface area contributed by atoms with Crippen molar-refractivity contribution < 1.29 is 14.3 Å². The van der Waals surface area contributed by atoms with Crippen LogP contribution in [0.4, 0.5) is 11.4 Å². The van der Waals surface area contributed by atoms with E-state index in [1.54, 1.807) is 14.2 Å². The molecule has 1 amide bonds. The number of hydrogen-bond acceptors (Lipinski definition) is 4. The monoisotopic (exact) mass is 266 g/mol. The van der Waals surface area contributed by atoms with Crippen molar-refractivity contribution in [2.24, 2.45) is 0 Å². The van der Waals surface area contributed by atoms with Gasteiger partial charge in [-0.05, 0) is 31.5 Å². The number of anilines is 2. The molecule has 19 heavy (non-hydrogen) atoms. The summed E-state index contributed by atoms with van der Waals surface area (Å²) in [4.78, 5) is 11.1. The first-order chi connectivity index (χ1) is 9.06. The van der Waals surface area contributed by atoms with E-state index in [9.17, 15) is 4.79 Å². The molecular formula is C14H22N2O3. The lowest BCUT2D eigenvalue weighted by Crippen LogP contribution is -2.18. The maximum Gasteiger partial charge on any atom is 0.221 e. The standard InChI is InChI=1S/C14H22N2O3/c1-10(7-8-18-3)15-13-9-12(16-11(2)17)5-6-14(13)19-4/h5-6,9-10,15H,7-8H2,1-4H3,(H,16,17). The molecule has 1 atom stereocenters. The molecule has 0 aromatic heterocycles. The second-order valence-corrected chi connectivity index (χ2v) is 4.42. The zero-order valence-corrected chi connectivity index (χ0v) is 11.9. The summed E-state index contributed by atoms with van der Waals surface area (Å²) < 4.78 is 10.4. The number of carbonyl (C=O) groups excluding carboxylic acids is 1. The summed E-state index contributed by atoms with van der Waals surface area (Å²) in [6, 6.07) is 5.76. The summed E-state index contributed by atoms with van der Waals surface area (Å²) in [7, 11) is 3.31. The number of ether oxygens (including phenoxy) is 2. The van der Waals surface area contributed by atoms with Gasteiger partial charge in [-0.15, -0.1) is 0 Å². The largest absolute Gasteiger partial charge is 0.495 e. The summed E-state index contributed by atoms with van der Waals surface area (Å²) in [6.45, 7) is 4.25. The quantitative estimate of drug-likeness (QED) is 0.796. The van der Waals surface area contributed by atoms with Gasteiger partial charge in [-0.2, -0.15) is 0 Å². The van der Waals surface area contributed by atoms with Crippen molar-refractivity contribution in [3.05, 3.63) is 18.2 Å². The molecule has 0 heterocycles. The number of methoxy groups -OCH3 is 2. The van der Waals surface area contributed by atoms with Gasteiger partial charge in [-0.1, -0.05) is 0 Å². The normalized spacial score (nSPS) is 11.8. The zero-order valence-electron chi connectivity index (χ0n) is 11.9. The first kappa shape index (κ1) is 15.3. The van der Waals surface area contributed by atoms with Gasteiger partial charge in [0.15, 0.2) is 0 Å². The summed E-state index contributed by atoms with van der Waals surface area (Å²) in [5.74, 6) is 0.655. The van der Waals surface area contributed by atoms with Crippen LogP contribution >= 0.6 is 0 Å². The molecule has 1 aromatic carbocycles. The van der Waals surface area contributed by atoms with E-state index >= 15 is 0 Å². The van der Waals surface area contributed by atoms with Crippen molar-refractivity contribution in [3.8, 4) is 5.75 Å². The maximum absolute atomic E-state index is 11.1. The van der Waals surface area contributed by atoms with Gasteiger partial charge in [0.25, 0.3) is 0 Å². The Balaban J connectivity index is 2.80. The molecule has 1 aromatic rings. The summed E-state index contributed by atoms with van der Waals surface area (Å²) in [5.41, 5.74) is 1.60. The molecule has 0 fully saturated rings. The van der Waals surface area contributed by atoms with Gasteiger partial charge in [0.1, 0.15) is 5.75 Å². The molecular weight excluding hydrogens is 244 g/mol. The number of amides is 1. The number of rotatable bonds is 7. The topological polar surface area (TPSA) is 59.6 Å². The molecule has 0 saturated heterocycles. The molecule has 1 unspecified atom stereocenters. The average Bonchev–Trinajstić information content (AvgIpc) is 2.36. The second-order valence-electron chi connectivity index (χ2n) is 4.42. The third-order valence-electron chi connectivity index (χ3n) is 2.68. The number of nitrogens with one attached hydrogen (secondary N) is 2. The zero-order chi connectivity index (χ0) is 14.3. The van der Waals surface area contributed by atoms with Crippen molar-refractivity contribution in [1.82, 2.24) is 0 Å². The minimum Gasteiger partial charge on any atom is -0.495 e. The molecule has 0 aliphatic carbocycles. The summed E-state index contributed by atoms with van der Waals surface area (Å²) in [6.07, 6.45) is 0.893. The van der Waals surface area contributed by atoms with Crippen molar-refractivity contribution in [2.75, 3.05) is 31.5 Å². The lowest BCUT2D eigenvalue weighted by molar-refractivity contribution is -0.114. The lowest BCUT2D eigenvalue weighted by atomic mass is 10.2. The van der Waals surface area contributed by atoms with Gasteiger partial charge in [-0.3, -0.25) is 4.79 Å². The molecule has 2 N–H and O–H groups in total. The smallest absolute Gasteiger partial charge is 0.221 e. The van der Waals surface area contributed by atoms with Crippen LogP contribution in [0.1, 0.15) is 20.3 Å². The van der Waals surface area contributed by atoms with E-state index in [0.29, 0.717) is 6.61 Å². The minimum atomic E-state index is -0.0939. The summed E-state index contributed by atoms with van der Waals surface area (Å²) in [5, 5.41) is 6.11.